The van der Waals surface area contributed by atoms with Crippen LogP contribution in [0.25, 0.3) is 21.9 Å². The SMILES string of the molecule is Cc1c(-c2c(F)c(F)c(F)c(F)c2F)c(C(F)(F)F)c(C)c2cscc12. The highest BCUT2D eigenvalue weighted by Crippen LogP contribution is 2.47. The van der Waals surface area contributed by atoms with Crippen molar-refractivity contribution in [3.05, 3.63) is 56.5 Å². The van der Waals surface area contributed by atoms with E-state index in [1.807, 2.05) is 0 Å². The minimum atomic E-state index is -5.07. The zero-order chi connectivity index (χ0) is 19.5. The molecule has 0 unspecified atom stereocenters. The lowest BCUT2D eigenvalue weighted by Crippen LogP contribution is -2.14. The van der Waals surface area contributed by atoms with Gasteiger partial charge in [-0.05, 0) is 46.5 Å². The highest BCUT2D eigenvalue weighted by molar-refractivity contribution is 7.09. The molecular formula is C17H8F8S. The second kappa shape index (κ2) is 5.94. The summed E-state index contributed by atoms with van der Waals surface area (Å²) in [5.41, 5.74) is -4.62. The third kappa shape index (κ3) is 2.48. The normalized spacial score (nSPS) is 12.2. The standard InChI is InChI=1S/C17H8F8S/c1-5-7-3-26-4-8(7)6(2)11(17(23,24)25)9(5)10-12(18)14(20)16(22)15(21)13(10)19/h3-4H,1-2H3. The highest BCUT2D eigenvalue weighted by atomic mass is 32.1. The van der Waals surface area contributed by atoms with Gasteiger partial charge in [0, 0.05) is 5.56 Å². The van der Waals surface area contributed by atoms with E-state index >= 15 is 0 Å². The predicted molar refractivity (Wildman–Crippen MR) is 81.5 cm³/mol. The Kier molecular flexibility index (Phi) is 4.25. The van der Waals surface area contributed by atoms with Crippen LogP contribution in [0.5, 0.6) is 0 Å². The third-order valence-corrected chi connectivity index (χ3v) is 4.96. The predicted octanol–water partition coefficient (Wildman–Crippen LogP) is 6.90. The highest BCUT2D eigenvalue weighted by Gasteiger charge is 2.40. The molecule has 0 nitrogen and oxygen atoms in total. The summed E-state index contributed by atoms with van der Waals surface area (Å²) in [6, 6.07) is 0. The third-order valence-electron chi connectivity index (χ3n) is 4.21. The van der Waals surface area contributed by atoms with E-state index in [1.54, 1.807) is 0 Å². The van der Waals surface area contributed by atoms with Gasteiger partial charge in [-0.2, -0.15) is 24.5 Å². The number of fused-ring (bicyclic) bond motifs is 1. The van der Waals surface area contributed by atoms with Crippen molar-refractivity contribution in [2.45, 2.75) is 20.0 Å². The van der Waals surface area contributed by atoms with Gasteiger partial charge >= 0.3 is 6.18 Å². The summed E-state index contributed by atoms with van der Waals surface area (Å²) in [4.78, 5) is 0. The largest absolute Gasteiger partial charge is 0.417 e. The Morgan fingerprint density at radius 3 is 1.54 bits per heavy atom. The first-order valence-electron chi connectivity index (χ1n) is 7.06. The van der Waals surface area contributed by atoms with Gasteiger partial charge in [0.25, 0.3) is 0 Å². The van der Waals surface area contributed by atoms with Gasteiger partial charge < -0.3 is 0 Å². The Balaban J connectivity index is 2.61. The Morgan fingerprint density at radius 2 is 1.08 bits per heavy atom. The van der Waals surface area contributed by atoms with E-state index in [9.17, 15) is 35.1 Å². The summed E-state index contributed by atoms with van der Waals surface area (Å²) in [5, 5.41) is 3.33. The van der Waals surface area contributed by atoms with Crippen molar-refractivity contribution in [1.82, 2.24) is 0 Å². The summed E-state index contributed by atoms with van der Waals surface area (Å²) in [7, 11) is 0. The molecule has 9 heteroatoms. The minimum Gasteiger partial charge on any atom is -0.203 e. The molecule has 2 aromatic carbocycles. The van der Waals surface area contributed by atoms with Crippen LogP contribution >= 0.6 is 11.3 Å². The van der Waals surface area contributed by atoms with E-state index in [1.165, 1.54) is 10.8 Å². The molecule has 0 bridgehead atoms. The maximum absolute atomic E-state index is 14.2. The van der Waals surface area contributed by atoms with E-state index in [0.29, 0.717) is 0 Å². The number of thiophene rings is 1. The number of rotatable bonds is 1. The second-order valence-corrected chi connectivity index (χ2v) is 6.39. The lowest BCUT2D eigenvalue weighted by atomic mass is 9.87. The topological polar surface area (TPSA) is 0 Å². The van der Waals surface area contributed by atoms with Gasteiger partial charge in [-0.25, -0.2) is 22.0 Å². The molecule has 26 heavy (non-hydrogen) atoms. The maximum Gasteiger partial charge on any atom is 0.417 e. The molecule has 0 aliphatic rings. The lowest BCUT2D eigenvalue weighted by molar-refractivity contribution is -0.137. The lowest BCUT2D eigenvalue weighted by Gasteiger charge is -2.21. The van der Waals surface area contributed by atoms with Crippen LogP contribution in [-0.4, -0.2) is 0 Å². The molecule has 0 aliphatic heterocycles. The van der Waals surface area contributed by atoms with Crippen LogP contribution < -0.4 is 0 Å². The van der Waals surface area contributed by atoms with Crippen LogP contribution in [0.1, 0.15) is 16.7 Å². The van der Waals surface area contributed by atoms with Crippen LogP contribution in [0, 0.1) is 42.9 Å². The van der Waals surface area contributed by atoms with E-state index in [2.05, 4.69) is 0 Å². The van der Waals surface area contributed by atoms with E-state index < -0.39 is 52.0 Å². The number of alkyl halides is 3. The molecule has 138 valence electrons. The molecule has 0 saturated heterocycles. The molecule has 0 fully saturated rings. The molecule has 0 amide bonds. The number of halogens is 8. The Morgan fingerprint density at radius 1 is 0.654 bits per heavy atom. The molecular weight excluding hydrogens is 388 g/mol. The monoisotopic (exact) mass is 396 g/mol. The fourth-order valence-corrected chi connectivity index (χ4v) is 3.96. The van der Waals surface area contributed by atoms with Crippen molar-refractivity contribution >= 4 is 22.1 Å². The molecule has 0 N–H and O–H groups in total. The number of hydrogen-bond donors (Lipinski definition) is 0. The Labute approximate surface area is 145 Å². The molecule has 1 heterocycles. The van der Waals surface area contributed by atoms with Crippen LogP contribution in [0.4, 0.5) is 35.1 Å². The molecule has 0 aliphatic carbocycles. The summed E-state index contributed by atoms with van der Waals surface area (Å²) in [6.45, 7) is 2.24. The van der Waals surface area contributed by atoms with Crippen molar-refractivity contribution in [3.63, 3.8) is 0 Å². The van der Waals surface area contributed by atoms with E-state index in [-0.39, 0.29) is 21.9 Å². The van der Waals surface area contributed by atoms with Crippen molar-refractivity contribution in [2.24, 2.45) is 0 Å². The smallest absolute Gasteiger partial charge is 0.203 e. The van der Waals surface area contributed by atoms with Crippen LogP contribution in [0.2, 0.25) is 0 Å². The van der Waals surface area contributed by atoms with Crippen molar-refractivity contribution < 1.29 is 35.1 Å². The first-order chi connectivity index (χ1) is 12.0. The van der Waals surface area contributed by atoms with Gasteiger partial charge in [-0.15, -0.1) is 0 Å². The van der Waals surface area contributed by atoms with Gasteiger partial charge in [0.1, 0.15) is 0 Å². The average Bonchev–Trinajstić information content (AvgIpc) is 3.05. The van der Waals surface area contributed by atoms with Gasteiger partial charge in [-0.3, -0.25) is 0 Å². The molecule has 0 radical (unpaired) electrons. The van der Waals surface area contributed by atoms with Crippen molar-refractivity contribution in [3.8, 4) is 11.1 Å². The second-order valence-electron chi connectivity index (χ2n) is 5.64. The zero-order valence-electron chi connectivity index (χ0n) is 13.1. The van der Waals surface area contributed by atoms with Gasteiger partial charge in [0.2, 0.25) is 5.82 Å². The summed E-state index contributed by atoms with van der Waals surface area (Å²) in [6.07, 6.45) is -5.07. The van der Waals surface area contributed by atoms with Crippen LogP contribution in [-0.2, 0) is 6.18 Å². The number of benzene rings is 2. The maximum atomic E-state index is 14.2. The molecule has 0 spiro atoms. The van der Waals surface area contributed by atoms with Gasteiger partial charge in [-0.1, -0.05) is 0 Å². The molecule has 3 aromatic rings. The number of aryl methyl sites for hydroxylation is 2. The van der Waals surface area contributed by atoms with Crippen molar-refractivity contribution in [1.29, 1.82) is 0 Å². The molecule has 0 saturated carbocycles. The summed E-state index contributed by atoms with van der Waals surface area (Å²) < 4.78 is 110. The molecule has 3 rings (SSSR count). The number of hydrogen-bond acceptors (Lipinski definition) is 1. The fraction of sp³-hybridized carbons (Fsp3) is 0.176. The fourth-order valence-electron chi connectivity index (χ4n) is 3.01. The zero-order valence-corrected chi connectivity index (χ0v) is 13.9. The van der Waals surface area contributed by atoms with Crippen LogP contribution in [0.3, 0.4) is 0 Å². The van der Waals surface area contributed by atoms with Crippen LogP contribution in [0.15, 0.2) is 10.8 Å². The van der Waals surface area contributed by atoms with E-state index in [0.717, 1.165) is 25.2 Å². The van der Waals surface area contributed by atoms with Crippen molar-refractivity contribution in [2.75, 3.05) is 0 Å². The molecule has 0 atom stereocenters. The van der Waals surface area contributed by atoms with E-state index in [4.69, 9.17) is 0 Å². The van der Waals surface area contributed by atoms with Gasteiger partial charge in [0.05, 0.1) is 11.1 Å². The first kappa shape index (κ1) is 18.6. The average molecular weight is 396 g/mol. The Hall–Kier alpha value is -2.16. The minimum absolute atomic E-state index is 0.201. The Bertz CT molecular complexity index is 1020. The first-order valence-corrected chi connectivity index (χ1v) is 8.00. The quantitative estimate of drug-likeness (QED) is 0.238. The summed E-state index contributed by atoms with van der Waals surface area (Å²) >= 11 is 1.06. The van der Waals surface area contributed by atoms with Gasteiger partial charge in [0.15, 0.2) is 23.3 Å². The summed E-state index contributed by atoms with van der Waals surface area (Å²) in [5.74, 6) is -11.6. The molecule has 1 aromatic heterocycles.